The van der Waals surface area contributed by atoms with Gasteiger partial charge in [0.2, 0.25) is 23.0 Å². The highest BCUT2D eigenvalue weighted by Gasteiger charge is 2.33. The Balaban J connectivity index is 1.52. The molecule has 3 aromatic rings. The molecular weight excluding hydrogens is 378 g/mol. The van der Waals surface area contributed by atoms with Crippen LogP contribution in [0.3, 0.4) is 0 Å². The summed E-state index contributed by atoms with van der Waals surface area (Å²) in [4.78, 5) is 37.0. The Morgan fingerprint density at radius 3 is 2.86 bits per heavy atom. The van der Waals surface area contributed by atoms with Gasteiger partial charge in [-0.1, -0.05) is 36.0 Å². The van der Waals surface area contributed by atoms with Crippen molar-refractivity contribution >= 4 is 35.5 Å². The predicted molar refractivity (Wildman–Crippen MR) is 104 cm³/mol. The number of nitrogens with one attached hydrogen (secondary N) is 2. The fraction of sp³-hybridized carbons (Fsp3) is 0.222. The number of thioether (sulfide) groups is 1. The highest BCUT2D eigenvalue weighted by atomic mass is 32.2. The summed E-state index contributed by atoms with van der Waals surface area (Å²) in [5.74, 6) is 0.429. The first-order valence-corrected chi connectivity index (χ1v) is 9.60. The average Bonchev–Trinajstić information content (AvgIpc) is 3.10. The summed E-state index contributed by atoms with van der Waals surface area (Å²) in [5, 5.41) is 10.2. The fourth-order valence-corrected chi connectivity index (χ4v) is 3.69. The summed E-state index contributed by atoms with van der Waals surface area (Å²) in [7, 11) is 0. The van der Waals surface area contributed by atoms with Crippen LogP contribution < -0.4 is 10.6 Å². The quantitative estimate of drug-likeness (QED) is 0.636. The van der Waals surface area contributed by atoms with Crippen molar-refractivity contribution < 1.29 is 9.59 Å². The van der Waals surface area contributed by atoms with Crippen molar-refractivity contribution in [3.05, 3.63) is 53.9 Å². The third-order valence-electron chi connectivity index (χ3n) is 4.26. The van der Waals surface area contributed by atoms with Crippen molar-refractivity contribution in [3.63, 3.8) is 0 Å². The van der Waals surface area contributed by atoms with Crippen LogP contribution in [0.1, 0.15) is 23.6 Å². The van der Waals surface area contributed by atoms with Crippen molar-refractivity contribution in [1.82, 2.24) is 24.7 Å². The second kappa shape index (κ2) is 7.77. The molecule has 3 heterocycles. The molecule has 1 atom stereocenters. The summed E-state index contributed by atoms with van der Waals surface area (Å²) in [6.45, 7) is 2.05. The first-order valence-electron chi connectivity index (χ1n) is 8.62. The molecule has 0 bridgehead atoms. The van der Waals surface area contributed by atoms with E-state index in [1.54, 1.807) is 6.07 Å². The van der Waals surface area contributed by atoms with Gasteiger partial charge in [0.1, 0.15) is 6.04 Å². The Morgan fingerprint density at radius 1 is 1.29 bits per heavy atom. The van der Waals surface area contributed by atoms with Crippen LogP contribution in [0, 0.1) is 6.92 Å². The molecule has 28 heavy (non-hydrogen) atoms. The maximum absolute atomic E-state index is 12.6. The molecule has 0 aliphatic carbocycles. The Bertz CT molecular complexity index is 1020. The van der Waals surface area contributed by atoms with Crippen LogP contribution in [0.15, 0.2) is 47.9 Å². The minimum atomic E-state index is -0.812. The van der Waals surface area contributed by atoms with Crippen LogP contribution in [0.25, 0.3) is 0 Å². The summed E-state index contributed by atoms with van der Waals surface area (Å²) in [5.41, 5.74) is 2.37. The normalized spacial score (nSPS) is 15.6. The van der Waals surface area contributed by atoms with Crippen LogP contribution in [-0.4, -0.2) is 36.5 Å². The maximum atomic E-state index is 12.6. The molecule has 0 fully saturated rings. The number of carbonyl (C=O) groups is 2. The molecule has 0 radical (unpaired) electrons. The highest BCUT2D eigenvalue weighted by molar-refractivity contribution is 7.98. The first kappa shape index (κ1) is 18.1. The molecule has 2 amide bonds. The van der Waals surface area contributed by atoms with Gasteiger partial charge in [-0.15, -0.1) is 5.10 Å². The zero-order chi connectivity index (χ0) is 19.5. The summed E-state index contributed by atoms with van der Waals surface area (Å²) in [6.07, 6.45) is 3.02. The highest BCUT2D eigenvalue weighted by Crippen LogP contribution is 2.28. The summed E-state index contributed by atoms with van der Waals surface area (Å²) < 4.78 is 1.44. The van der Waals surface area contributed by atoms with E-state index < -0.39 is 11.9 Å². The van der Waals surface area contributed by atoms with E-state index in [0.717, 1.165) is 0 Å². The van der Waals surface area contributed by atoms with Gasteiger partial charge in [0.25, 0.3) is 5.91 Å². The van der Waals surface area contributed by atoms with E-state index in [-0.39, 0.29) is 24.2 Å². The van der Waals surface area contributed by atoms with Crippen LogP contribution in [-0.2, 0) is 15.3 Å². The van der Waals surface area contributed by atoms with E-state index in [9.17, 15) is 9.59 Å². The Kier molecular flexibility index (Phi) is 5.02. The molecule has 4 rings (SSSR count). The lowest BCUT2D eigenvalue weighted by molar-refractivity contribution is -0.125. The number of aryl methyl sites for hydroxylation is 1. The standard InChI is InChI=1S/C18H17N7O2S/c1-11-5-2-3-6-12(11)10-28-18-23-17-21-14(26)9-13(25(17)24-18)15(27)22-16-19-7-4-8-20-16/h2-8,13H,9-10H2,1H3,(H,19,20,22,27)(H,21,23,24,26)/t13-/m0/s1. The van der Waals surface area contributed by atoms with E-state index >= 15 is 0 Å². The third-order valence-corrected chi connectivity index (χ3v) is 5.14. The number of nitrogens with zero attached hydrogens (tertiary/aromatic N) is 5. The molecule has 10 heteroatoms. The van der Waals surface area contributed by atoms with E-state index in [1.165, 1.54) is 40.0 Å². The van der Waals surface area contributed by atoms with Crippen LogP contribution in [0.4, 0.5) is 11.9 Å². The van der Waals surface area contributed by atoms with Crippen molar-refractivity contribution in [2.75, 3.05) is 10.6 Å². The largest absolute Gasteiger partial charge is 0.295 e. The molecule has 1 aliphatic rings. The van der Waals surface area contributed by atoms with E-state index in [0.29, 0.717) is 10.9 Å². The zero-order valence-electron chi connectivity index (χ0n) is 15.0. The minimum absolute atomic E-state index is 0.0308. The van der Waals surface area contributed by atoms with E-state index in [2.05, 4.69) is 36.8 Å². The molecule has 2 N–H and O–H groups in total. The molecule has 0 saturated heterocycles. The summed E-state index contributed by atoms with van der Waals surface area (Å²) in [6, 6.07) is 8.92. The van der Waals surface area contributed by atoms with Crippen molar-refractivity contribution in [3.8, 4) is 0 Å². The lowest BCUT2D eigenvalue weighted by atomic mass is 10.1. The monoisotopic (exact) mass is 395 g/mol. The number of rotatable bonds is 5. The Hall–Kier alpha value is -3.27. The van der Waals surface area contributed by atoms with Gasteiger partial charge in [-0.05, 0) is 24.1 Å². The van der Waals surface area contributed by atoms with Gasteiger partial charge in [0, 0.05) is 18.1 Å². The second-order valence-corrected chi connectivity index (χ2v) is 7.15. The number of carbonyl (C=O) groups excluding carboxylic acids is 2. The number of aromatic nitrogens is 5. The molecule has 2 aromatic heterocycles. The fourth-order valence-electron chi connectivity index (χ4n) is 2.78. The first-order chi connectivity index (χ1) is 13.6. The molecule has 142 valence electrons. The molecular formula is C18H17N7O2S. The van der Waals surface area contributed by atoms with Crippen LogP contribution >= 0.6 is 11.8 Å². The molecule has 0 spiro atoms. The molecule has 9 nitrogen and oxygen atoms in total. The average molecular weight is 395 g/mol. The number of amides is 2. The lowest BCUT2D eigenvalue weighted by Crippen LogP contribution is -2.36. The Morgan fingerprint density at radius 2 is 2.07 bits per heavy atom. The van der Waals surface area contributed by atoms with E-state index in [1.807, 2.05) is 25.1 Å². The Labute approximate surface area is 165 Å². The van der Waals surface area contributed by atoms with Gasteiger partial charge in [0.15, 0.2) is 0 Å². The zero-order valence-corrected chi connectivity index (χ0v) is 15.8. The third kappa shape index (κ3) is 3.86. The molecule has 1 aliphatic heterocycles. The van der Waals surface area contributed by atoms with Gasteiger partial charge in [0.05, 0.1) is 6.42 Å². The van der Waals surface area contributed by atoms with Gasteiger partial charge in [-0.25, -0.2) is 14.6 Å². The maximum Gasteiger partial charge on any atom is 0.252 e. The van der Waals surface area contributed by atoms with Gasteiger partial charge in [-0.2, -0.15) is 4.98 Å². The van der Waals surface area contributed by atoms with Crippen LogP contribution in [0.5, 0.6) is 0 Å². The van der Waals surface area contributed by atoms with Gasteiger partial charge in [-0.3, -0.25) is 20.2 Å². The van der Waals surface area contributed by atoms with E-state index in [4.69, 9.17) is 0 Å². The smallest absolute Gasteiger partial charge is 0.252 e. The number of hydrogen-bond acceptors (Lipinski definition) is 7. The van der Waals surface area contributed by atoms with Crippen LogP contribution in [0.2, 0.25) is 0 Å². The number of anilines is 2. The number of fused-ring (bicyclic) bond motifs is 1. The number of hydrogen-bond donors (Lipinski definition) is 2. The molecule has 1 aromatic carbocycles. The molecule has 0 unspecified atom stereocenters. The van der Waals surface area contributed by atoms with Crippen molar-refractivity contribution in [2.45, 2.75) is 30.3 Å². The van der Waals surface area contributed by atoms with Gasteiger partial charge < -0.3 is 0 Å². The van der Waals surface area contributed by atoms with Crippen molar-refractivity contribution in [1.29, 1.82) is 0 Å². The summed E-state index contributed by atoms with van der Waals surface area (Å²) >= 11 is 1.45. The topological polar surface area (TPSA) is 115 Å². The second-order valence-electron chi connectivity index (χ2n) is 6.21. The SMILES string of the molecule is Cc1ccccc1CSc1nc2n(n1)[C@H](C(=O)Nc1ncccn1)CC(=O)N2. The number of benzene rings is 1. The molecule has 0 saturated carbocycles. The minimum Gasteiger partial charge on any atom is -0.295 e. The van der Waals surface area contributed by atoms with Crippen molar-refractivity contribution in [2.24, 2.45) is 0 Å². The predicted octanol–water partition coefficient (Wildman–Crippen LogP) is 2.19. The van der Waals surface area contributed by atoms with Gasteiger partial charge >= 0.3 is 0 Å². The lowest BCUT2D eigenvalue weighted by Gasteiger charge is -2.21.